The number of nitrogens with zero attached hydrogens (tertiary/aromatic N) is 1. The van der Waals surface area contributed by atoms with Gasteiger partial charge in [0, 0.05) is 31.0 Å². The molecule has 0 aromatic heterocycles. The van der Waals surface area contributed by atoms with Crippen LogP contribution in [0, 0.1) is 11.8 Å². The summed E-state index contributed by atoms with van der Waals surface area (Å²) in [4.78, 5) is 25.3. The number of piperidine rings is 1. The zero-order valence-corrected chi connectivity index (χ0v) is 10.7. The molecule has 2 fully saturated rings. The van der Waals surface area contributed by atoms with Gasteiger partial charge in [-0.1, -0.05) is 13.8 Å². The zero-order valence-electron chi connectivity index (χ0n) is 10.7. The molecule has 17 heavy (non-hydrogen) atoms. The minimum Gasteiger partial charge on any atom is -0.353 e. The zero-order chi connectivity index (χ0) is 12.4. The van der Waals surface area contributed by atoms with Gasteiger partial charge >= 0.3 is 0 Å². The Morgan fingerprint density at radius 1 is 1.12 bits per heavy atom. The molecule has 2 aliphatic rings. The Morgan fingerprint density at radius 2 is 1.71 bits per heavy atom. The van der Waals surface area contributed by atoms with E-state index in [0.29, 0.717) is 0 Å². The van der Waals surface area contributed by atoms with Crippen molar-refractivity contribution in [2.45, 2.75) is 45.6 Å². The number of carbonyl (C=O) groups excluding carboxylic acids is 2. The summed E-state index contributed by atoms with van der Waals surface area (Å²) in [6.45, 7) is 5.44. The predicted octanol–water partition coefficient (Wildman–Crippen LogP) is 1.16. The van der Waals surface area contributed by atoms with Crippen LogP contribution < -0.4 is 5.32 Å². The topological polar surface area (TPSA) is 49.4 Å². The van der Waals surface area contributed by atoms with E-state index in [4.69, 9.17) is 0 Å². The van der Waals surface area contributed by atoms with Crippen molar-refractivity contribution in [3.8, 4) is 0 Å². The van der Waals surface area contributed by atoms with Crippen LogP contribution in [0.3, 0.4) is 0 Å². The minimum absolute atomic E-state index is 0.0765. The maximum Gasteiger partial charge on any atom is 0.225 e. The van der Waals surface area contributed by atoms with Gasteiger partial charge < -0.3 is 10.2 Å². The lowest BCUT2D eigenvalue weighted by Gasteiger charge is -2.33. The van der Waals surface area contributed by atoms with E-state index in [1.54, 1.807) is 0 Å². The molecular formula is C13H22N2O2. The molecule has 1 saturated carbocycles. The highest BCUT2D eigenvalue weighted by Gasteiger charge is 2.32. The van der Waals surface area contributed by atoms with E-state index in [0.717, 1.165) is 38.8 Å². The lowest BCUT2D eigenvalue weighted by molar-refractivity contribution is -0.135. The van der Waals surface area contributed by atoms with Gasteiger partial charge in [-0.25, -0.2) is 0 Å². The van der Waals surface area contributed by atoms with Gasteiger partial charge in [0.15, 0.2) is 0 Å². The summed E-state index contributed by atoms with van der Waals surface area (Å²) in [5, 5.41) is 3.09. The van der Waals surface area contributed by atoms with Gasteiger partial charge in [0.05, 0.1) is 0 Å². The Hall–Kier alpha value is -1.06. The summed E-state index contributed by atoms with van der Waals surface area (Å²) >= 11 is 0. The second-order valence-corrected chi connectivity index (χ2v) is 5.54. The molecule has 0 unspecified atom stereocenters. The number of amides is 2. The predicted molar refractivity (Wildman–Crippen MR) is 65.3 cm³/mol. The smallest absolute Gasteiger partial charge is 0.225 e. The van der Waals surface area contributed by atoms with E-state index in [1.807, 2.05) is 18.7 Å². The normalized spacial score (nSPS) is 21.7. The third-order valence-electron chi connectivity index (χ3n) is 3.60. The monoisotopic (exact) mass is 238 g/mol. The van der Waals surface area contributed by atoms with Gasteiger partial charge in [-0.3, -0.25) is 9.59 Å². The molecule has 96 valence electrons. The van der Waals surface area contributed by atoms with Crippen molar-refractivity contribution < 1.29 is 9.59 Å². The van der Waals surface area contributed by atoms with Crippen molar-refractivity contribution >= 4 is 11.8 Å². The van der Waals surface area contributed by atoms with Crippen LogP contribution in [0.15, 0.2) is 0 Å². The highest BCUT2D eigenvalue weighted by Crippen LogP contribution is 2.29. The highest BCUT2D eigenvalue weighted by atomic mass is 16.2. The van der Waals surface area contributed by atoms with E-state index >= 15 is 0 Å². The van der Waals surface area contributed by atoms with E-state index in [1.165, 1.54) is 0 Å². The lowest BCUT2D eigenvalue weighted by Crippen LogP contribution is -2.47. The van der Waals surface area contributed by atoms with Crippen LogP contribution in [-0.2, 0) is 9.59 Å². The molecule has 4 nitrogen and oxygen atoms in total. The van der Waals surface area contributed by atoms with E-state index in [2.05, 4.69) is 5.32 Å². The molecule has 0 atom stereocenters. The molecule has 4 heteroatoms. The fourth-order valence-electron chi connectivity index (χ4n) is 2.27. The van der Waals surface area contributed by atoms with Crippen molar-refractivity contribution in [3.05, 3.63) is 0 Å². The maximum atomic E-state index is 11.8. The van der Waals surface area contributed by atoms with Crippen LogP contribution in [0.25, 0.3) is 0 Å². The summed E-state index contributed by atoms with van der Waals surface area (Å²) in [6, 6.07) is 0.277. The van der Waals surface area contributed by atoms with Crippen LogP contribution in [-0.4, -0.2) is 35.8 Å². The molecule has 1 N–H and O–H groups in total. The van der Waals surface area contributed by atoms with Crippen molar-refractivity contribution in [1.29, 1.82) is 0 Å². The summed E-state index contributed by atoms with van der Waals surface area (Å²) < 4.78 is 0. The summed E-state index contributed by atoms with van der Waals surface area (Å²) in [7, 11) is 0. The number of likely N-dealkylation sites (tertiary alicyclic amines) is 1. The van der Waals surface area contributed by atoms with Crippen LogP contribution in [0.1, 0.15) is 39.5 Å². The average Bonchev–Trinajstić information content (AvgIpc) is 3.12. The molecule has 0 aromatic carbocycles. The molecule has 0 bridgehead atoms. The number of carbonyl (C=O) groups is 2. The van der Waals surface area contributed by atoms with Gasteiger partial charge in [0.1, 0.15) is 0 Å². The largest absolute Gasteiger partial charge is 0.353 e. The molecule has 2 amide bonds. The van der Waals surface area contributed by atoms with Gasteiger partial charge in [0.2, 0.25) is 11.8 Å². The fraction of sp³-hybridized carbons (Fsp3) is 0.846. The summed E-state index contributed by atoms with van der Waals surface area (Å²) in [5.74, 6) is 0.813. The number of hydrogen-bond donors (Lipinski definition) is 1. The Labute approximate surface area is 103 Å². The quantitative estimate of drug-likeness (QED) is 0.802. The van der Waals surface area contributed by atoms with Gasteiger partial charge in [-0.15, -0.1) is 0 Å². The molecular weight excluding hydrogens is 216 g/mol. The van der Waals surface area contributed by atoms with Gasteiger partial charge in [-0.05, 0) is 25.7 Å². The van der Waals surface area contributed by atoms with Crippen molar-refractivity contribution in [1.82, 2.24) is 10.2 Å². The van der Waals surface area contributed by atoms with Gasteiger partial charge in [0.25, 0.3) is 0 Å². The molecule has 0 radical (unpaired) electrons. The van der Waals surface area contributed by atoms with Crippen LogP contribution >= 0.6 is 0 Å². The van der Waals surface area contributed by atoms with E-state index < -0.39 is 0 Å². The molecule has 0 spiro atoms. The first-order chi connectivity index (χ1) is 8.08. The van der Waals surface area contributed by atoms with Crippen molar-refractivity contribution in [2.75, 3.05) is 13.1 Å². The summed E-state index contributed by atoms with van der Waals surface area (Å²) in [6.07, 6.45) is 3.90. The highest BCUT2D eigenvalue weighted by molar-refractivity contribution is 5.81. The van der Waals surface area contributed by atoms with Crippen molar-refractivity contribution in [3.63, 3.8) is 0 Å². The number of rotatable bonds is 3. The standard InChI is InChI=1S/C13H22N2O2/c1-9(2)13(17)15-7-5-11(6-8-15)14-12(16)10-3-4-10/h9-11H,3-8H2,1-2H3,(H,14,16). The van der Waals surface area contributed by atoms with Crippen LogP contribution in [0.5, 0.6) is 0 Å². The maximum absolute atomic E-state index is 11.8. The molecule has 1 saturated heterocycles. The fourth-order valence-corrected chi connectivity index (χ4v) is 2.27. The first-order valence-electron chi connectivity index (χ1n) is 6.67. The second-order valence-electron chi connectivity index (χ2n) is 5.54. The Balaban J connectivity index is 1.73. The van der Waals surface area contributed by atoms with Crippen LogP contribution in [0.4, 0.5) is 0 Å². The Morgan fingerprint density at radius 3 is 2.18 bits per heavy atom. The number of hydrogen-bond acceptors (Lipinski definition) is 2. The number of nitrogens with one attached hydrogen (secondary N) is 1. The Kier molecular flexibility index (Phi) is 3.69. The second kappa shape index (κ2) is 5.07. The molecule has 0 aromatic rings. The first kappa shape index (κ1) is 12.4. The lowest BCUT2D eigenvalue weighted by atomic mass is 10.0. The van der Waals surface area contributed by atoms with Crippen molar-refractivity contribution in [2.24, 2.45) is 11.8 Å². The SMILES string of the molecule is CC(C)C(=O)N1CCC(NC(=O)C2CC2)CC1. The molecule has 1 aliphatic heterocycles. The molecule has 1 heterocycles. The van der Waals surface area contributed by atoms with Crippen LogP contribution in [0.2, 0.25) is 0 Å². The third-order valence-corrected chi connectivity index (χ3v) is 3.60. The van der Waals surface area contributed by atoms with Gasteiger partial charge in [-0.2, -0.15) is 0 Å². The van der Waals surface area contributed by atoms with E-state index in [9.17, 15) is 9.59 Å². The summed E-state index contributed by atoms with van der Waals surface area (Å²) in [5.41, 5.74) is 0. The minimum atomic E-state index is 0.0765. The molecule has 2 rings (SSSR count). The van der Waals surface area contributed by atoms with E-state index in [-0.39, 0.29) is 29.7 Å². The third kappa shape index (κ3) is 3.20. The molecule has 1 aliphatic carbocycles. The Bertz CT molecular complexity index is 303. The first-order valence-corrected chi connectivity index (χ1v) is 6.67. The average molecular weight is 238 g/mol.